The molecular weight excluding hydrogens is 310 g/mol. The number of H-pyrrole nitrogens is 1. The zero-order valence-electron chi connectivity index (χ0n) is 14.5. The quantitative estimate of drug-likeness (QED) is 0.719. The summed E-state index contributed by atoms with van der Waals surface area (Å²) >= 11 is 0. The van der Waals surface area contributed by atoms with Crippen LogP contribution in [0, 0.1) is 0 Å². The van der Waals surface area contributed by atoms with E-state index in [2.05, 4.69) is 54.5 Å². The third kappa shape index (κ3) is 1.72. The largest absolute Gasteiger partial charge is 0.356 e. The van der Waals surface area contributed by atoms with Crippen LogP contribution < -0.4 is 10.2 Å². The standard InChI is InChI=1S/C21H21N3O/c1-13(2)24-18-10-6-4-8-16(18)21(20(24)25)19-15(11-12-22-21)14-7-3-5-9-17(14)23-19/h3-10,13,22-23H,11-12H2,1-2H3/t21-/m1/s1. The van der Waals surface area contributed by atoms with Crippen LogP contribution in [0.15, 0.2) is 48.5 Å². The lowest BCUT2D eigenvalue weighted by Gasteiger charge is -2.34. The van der Waals surface area contributed by atoms with Gasteiger partial charge in [-0.1, -0.05) is 36.4 Å². The van der Waals surface area contributed by atoms with Gasteiger partial charge in [-0.25, -0.2) is 0 Å². The molecule has 2 aliphatic heterocycles. The van der Waals surface area contributed by atoms with Crippen LogP contribution in [0.25, 0.3) is 10.9 Å². The number of fused-ring (bicyclic) bond motifs is 6. The van der Waals surface area contributed by atoms with E-state index in [1.54, 1.807) is 0 Å². The molecule has 0 saturated carbocycles. The van der Waals surface area contributed by atoms with E-state index >= 15 is 0 Å². The number of aromatic amines is 1. The molecule has 0 saturated heterocycles. The molecule has 2 aromatic carbocycles. The minimum Gasteiger partial charge on any atom is -0.356 e. The molecule has 0 bridgehead atoms. The number of aromatic nitrogens is 1. The number of carbonyl (C=O) groups excluding carboxylic acids is 1. The van der Waals surface area contributed by atoms with Gasteiger partial charge >= 0.3 is 0 Å². The van der Waals surface area contributed by atoms with Crippen molar-refractivity contribution in [3.05, 3.63) is 65.4 Å². The summed E-state index contributed by atoms with van der Waals surface area (Å²) in [5, 5.41) is 4.81. The summed E-state index contributed by atoms with van der Waals surface area (Å²) in [6, 6.07) is 16.6. The Kier molecular flexibility index (Phi) is 2.92. The minimum atomic E-state index is -0.798. The number of carbonyl (C=O) groups is 1. The van der Waals surface area contributed by atoms with E-state index in [9.17, 15) is 4.79 Å². The fraction of sp³-hybridized carbons (Fsp3) is 0.286. The monoisotopic (exact) mass is 331 g/mol. The zero-order valence-corrected chi connectivity index (χ0v) is 14.5. The van der Waals surface area contributed by atoms with E-state index in [0.717, 1.165) is 35.4 Å². The van der Waals surface area contributed by atoms with Crippen molar-refractivity contribution in [3.8, 4) is 0 Å². The van der Waals surface area contributed by atoms with Crippen molar-refractivity contribution < 1.29 is 4.79 Å². The molecule has 3 heterocycles. The highest BCUT2D eigenvalue weighted by Crippen LogP contribution is 2.48. The number of hydrogen-bond acceptors (Lipinski definition) is 2. The summed E-state index contributed by atoms with van der Waals surface area (Å²) in [7, 11) is 0. The van der Waals surface area contributed by atoms with Crippen molar-refractivity contribution in [2.45, 2.75) is 31.8 Å². The first-order chi connectivity index (χ1) is 12.1. The van der Waals surface area contributed by atoms with Crippen molar-refractivity contribution in [2.75, 3.05) is 11.4 Å². The second kappa shape index (κ2) is 4.96. The Morgan fingerprint density at radius 2 is 1.84 bits per heavy atom. The normalized spacial score (nSPS) is 22.0. The van der Waals surface area contributed by atoms with E-state index in [0.29, 0.717) is 0 Å². The van der Waals surface area contributed by atoms with E-state index in [1.165, 1.54) is 10.9 Å². The van der Waals surface area contributed by atoms with Crippen LogP contribution in [0.5, 0.6) is 0 Å². The molecule has 0 unspecified atom stereocenters. The first kappa shape index (κ1) is 14.7. The molecule has 1 spiro atoms. The summed E-state index contributed by atoms with van der Waals surface area (Å²) in [4.78, 5) is 19.2. The molecule has 0 radical (unpaired) electrons. The fourth-order valence-corrected chi connectivity index (χ4v) is 4.57. The van der Waals surface area contributed by atoms with Gasteiger partial charge in [-0.05, 0) is 38.0 Å². The number of nitrogens with zero attached hydrogens (tertiary/aromatic N) is 1. The molecule has 126 valence electrons. The number of hydrogen-bond donors (Lipinski definition) is 2. The van der Waals surface area contributed by atoms with Crippen molar-refractivity contribution in [1.29, 1.82) is 0 Å². The summed E-state index contributed by atoms with van der Waals surface area (Å²) in [6.45, 7) is 4.94. The maximum atomic E-state index is 13.7. The molecule has 5 rings (SSSR count). The van der Waals surface area contributed by atoms with Gasteiger partial charge in [-0.15, -0.1) is 0 Å². The topological polar surface area (TPSA) is 48.1 Å². The predicted octanol–water partition coefficient (Wildman–Crippen LogP) is 3.31. The van der Waals surface area contributed by atoms with Crippen LogP contribution in [-0.4, -0.2) is 23.5 Å². The number of anilines is 1. The van der Waals surface area contributed by atoms with E-state index in [1.807, 2.05) is 23.1 Å². The Balaban J connectivity index is 1.85. The molecule has 25 heavy (non-hydrogen) atoms. The first-order valence-corrected chi connectivity index (χ1v) is 8.93. The molecule has 0 aliphatic carbocycles. The summed E-state index contributed by atoms with van der Waals surface area (Å²) < 4.78 is 0. The highest BCUT2D eigenvalue weighted by Gasteiger charge is 2.55. The highest BCUT2D eigenvalue weighted by molar-refractivity contribution is 6.11. The number of rotatable bonds is 1. The lowest BCUT2D eigenvalue weighted by Crippen LogP contribution is -2.56. The van der Waals surface area contributed by atoms with Gasteiger partial charge < -0.3 is 9.88 Å². The van der Waals surface area contributed by atoms with Gasteiger partial charge in [0.2, 0.25) is 0 Å². The van der Waals surface area contributed by atoms with Crippen LogP contribution in [-0.2, 0) is 16.8 Å². The Hall–Kier alpha value is -2.59. The van der Waals surface area contributed by atoms with E-state index in [-0.39, 0.29) is 11.9 Å². The average Bonchev–Trinajstić information content (AvgIpc) is 3.11. The number of benzene rings is 2. The third-order valence-electron chi connectivity index (χ3n) is 5.58. The van der Waals surface area contributed by atoms with E-state index in [4.69, 9.17) is 0 Å². The van der Waals surface area contributed by atoms with Gasteiger partial charge in [0.05, 0.1) is 5.69 Å². The van der Waals surface area contributed by atoms with Crippen molar-refractivity contribution in [2.24, 2.45) is 0 Å². The van der Waals surface area contributed by atoms with Crippen molar-refractivity contribution in [3.63, 3.8) is 0 Å². The van der Waals surface area contributed by atoms with Crippen LogP contribution in [0.1, 0.15) is 30.7 Å². The molecule has 0 fully saturated rings. The van der Waals surface area contributed by atoms with Gasteiger partial charge in [0, 0.05) is 34.7 Å². The fourth-order valence-electron chi connectivity index (χ4n) is 4.57. The smallest absolute Gasteiger partial charge is 0.258 e. The summed E-state index contributed by atoms with van der Waals surface area (Å²) in [5.74, 6) is 0.121. The van der Waals surface area contributed by atoms with Crippen LogP contribution >= 0.6 is 0 Å². The van der Waals surface area contributed by atoms with Crippen LogP contribution in [0.4, 0.5) is 5.69 Å². The molecule has 1 aromatic heterocycles. The maximum Gasteiger partial charge on any atom is 0.258 e. The molecule has 4 heteroatoms. The molecule has 1 amide bonds. The minimum absolute atomic E-state index is 0.115. The number of amides is 1. The van der Waals surface area contributed by atoms with Crippen LogP contribution in [0.2, 0.25) is 0 Å². The maximum absolute atomic E-state index is 13.7. The zero-order chi connectivity index (χ0) is 17.2. The van der Waals surface area contributed by atoms with Gasteiger partial charge in [0.25, 0.3) is 5.91 Å². The van der Waals surface area contributed by atoms with E-state index < -0.39 is 5.54 Å². The molecule has 1 atom stereocenters. The Bertz CT molecular complexity index is 1000. The molecule has 2 aliphatic rings. The van der Waals surface area contributed by atoms with Gasteiger partial charge in [-0.2, -0.15) is 0 Å². The number of nitrogens with one attached hydrogen (secondary N) is 2. The predicted molar refractivity (Wildman–Crippen MR) is 99.8 cm³/mol. The molecule has 3 aromatic rings. The lowest BCUT2D eigenvalue weighted by molar-refractivity contribution is -0.123. The summed E-state index contributed by atoms with van der Waals surface area (Å²) in [6.07, 6.45) is 0.929. The molecular formula is C21H21N3O. The first-order valence-electron chi connectivity index (χ1n) is 8.93. The highest BCUT2D eigenvalue weighted by atomic mass is 16.2. The van der Waals surface area contributed by atoms with Gasteiger partial charge in [0.15, 0.2) is 5.54 Å². The Morgan fingerprint density at radius 1 is 1.08 bits per heavy atom. The SMILES string of the molecule is CC(C)N1C(=O)[C@@]2(NCCc3c2[nH]c2ccccc32)c2ccccc21. The van der Waals surface area contributed by atoms with Gasteiger partial charge in [0.1, 0.15) is 0 Å². The van der Waals surface area contributed by atoms with Crippen molar-refractivity contribution >= 4 is 22.5 Å². The lowest BCUT2D eigenvalue weighted by atomic mass is 9.82. The third-order valence-corrected chi connectivity index (χ3v) is 5.58. The summed E-state index contributed by atoms with van der Waals surface area (Å²) in [5.41, 5.74) is 4.66. The number of para-hydroxylation sites is 2. The van der Waals surface area contributed by atoms with Gasteiger partial charge in [-0.3, -0.25) is 10.1 Å². The Labute approximate surface area is 146 Å². The molecule has 4 nitrogen and oxygen atoms in total. The van der Waals surface area contributed by atoms with Crippen LogP contribution in [0.3, 0.4) is 0 Å². The molecule has 2 N–H and O–H groups in total. The van der Waals surface area contributed by atoms with Crippen molar-refractivity contribution in [1.82, 2.24) is 10.3 Å². The Morgan fingerprint density at radius 3 is 2.68 bits per heavy atom. The second-order valence-electron chi connectivity index (χ2n) is 7.24. The average molecular weight is 331 g/mol. The second-order valence-corrected chi connectivity index (χ2v) is 7.24.